The topological polar surface area (TPSA) is 20.2 Å². The van der Waals surface area contributed by atoms with Gasteiger partial charge >= 0.3 is 0 Å². The van der Waals surface area contributed by atoms with Crippen LogP contribution in [0.25, 0.3) is 0 Å². The monoisotopic (exact) mass is 208 g/mol. The van der Waals surface area contributed by atoms with E-state index in [0.717, 1.165) is 29.8 Å². The molecule has 1 aliphatic rings. The Morgan fingerprint density at radius 2 is 2.14 bits per heavy atom. The first-order valence-electron chi connectivity index (χ1n) is 4.87. The molecule has 1 atom stereocenters. The molecule has 0 aromatic heterocycles. The van der Waals surface area contributed by atoms with Gasteiger partial charge in [0.25, 0.3) is 0 Å². The van der Waals surface area contributed by atoms with Crippen molar-refractivity contribution in [1.82, 2.24) is 0 Å². The number of halogens is 1. The van der Waals surface area contributed by atoms with Crippen LogP contribution in [0.2, 0.25) is 5.02 Å². The highest BCUT2D eigenvalue weighted by Crippen LogP contribution is 2.25. The summed E-state index contributed by atoms with van der Waals surface area (Å²) >= 11 is 6.05. The standard InChI is InChI=1S/C12H13ClO/c13-12-4-2-1-3-10(12)7-9-5-6-11(14)8-9/h1-4,8,11,14H,5-7H2. The van der Waals surface area contributed by atoms with Gasteiger partial charge in [0.05, 0.1) is 6.10 Å². The molecule has 74 valence electrons. The Balaban J connectivity index is 2.12. The fourth-order valence-corrected chi connectivity index (χ4v) is 2.01. The van der Waals surface area contributed by atoms with Gasteiger partial charge in [0, 0.05) is 5.02 Å². The number of rotatable bonds is 2. The molecule has 2 rings (SSSR count). The van der Waals surface area contributed by atoms with E-state index < -0.39 is 0 Å². The molecule has 1 nitrogen and oxygen atoms in total. The number of benzene rings is 1. The van der Waals surface area contributed by atoms with E-state index in [9.17, 15) is 5.11 Å². The van der Waals surface area contributed by atoms with Gasteiger partial charge in [-0.1, -0.05) is 41.4 Å². The Kier molecular flexibility index (Phi) is 2.90. The third-order valence-electron chi connectivity index (χ3n) is 2.56. The molecule has 1 unspecified atom stereocenters. The zero-order valence-electron chi connectivity index (χ0n) is 7.91. The van der Waals surface area contributed by atoms with Crippen LogP contribution in [0.3, 0.4) is 0 Å². The maximum absolute atomic E-state index is 9.34. The van der Waals surface area contributed by atoms with E-state index in [-0.39, 0.29) is 6.10 Å². The zero-order chi connectivity index (χ0) is 9.97. The molecule has 0 amide bonds. The average molecular weight is 209 g/mol. The van der Waals surface area contributed by atoms with E-state index in [1.54, 1.807) is 0 Å². The molecule has 1 aromatic rings. The van der Waals surface area contributed by atoms with Gasteiger partial charge in [-0.25, -0.2) is 0 Å². The normalized spacial score (nSPS) is 21.0. The third kappa shape index (κ3) is 2.17. The fourth-order valence-electron chi connectivity index (χ4n) is 1.81. The van der Waals surface area contributed by atoms with E-state index >= 15 is 0 Å². The second-order valence-corrected chi connectivity index (χ2v) is 4.11. The molecule has 1 aliphatic carbocycles. The van der Waals surface area contributed by atoms with Crippen LogP contribution >= 0.6 is 11.6 Å². The van der Waals surface area contributed by atoms with Gasteiger partial charge in [-0.15, -0.1) is 0 Å². The molecule has 1 N–H and O–H groups in total. The Morgan fingerprint density at radius 1 is 1.36 bits per heavy atom. The quantitative estimate of drug-likeness (QED) is 0.741. The molecule has 2 heteroatoms. The van der Waals surface area contributed by atoms with Crippen LogP contribution in [0.4, 0.5) is 0 Å². The summed E-state index contributed by atoms with van der Waals surface area (Å²) in [5.74, 6) is 0. The minimum atomic E-state index is -0.243. The highest BCUT2D eigenvalue weighted by molar-refractivity contribution is 6.31. The minimum absolute atomic E-state index is 0.243. The maximum Gasteiger partial charge on any atom is 0.0726 e. The van der Waals surface area contributed by atoms with Crippen LogP contribution in [0.5, 0.6) is 0 Å². The lowest BCUT2D eigenvalue weighted by Crippen LogP contribution is -1.93. The molecule has 0 spiro atoms. The van der Waals surface area contributed by atoms with Gasteiger partial charge in [-0.05, 0) is 30.9 Å². The molecule has 0 radical (unpaired) electrons. The van der Waals surface area contributed by atoms with Crippen LogP contribution in [0.1, 0.15) is 18.4 Å². The summed E-state index contributed by atoms with van der Waals surface area (Å²) in [5.41, 5.74) is 2.44. The first kappa shape index (κ1) is 9.75. The van der Waals surface area contributed by atoms with Crippen molar-refractivity contribution in [2.45, 2.75) is 25.4 Å². The van der Waals surface area contributed by atoms with Crippen molar-refractivity contribution >= 4 is 11.6 Å². The summed E-state index contributed by atoms with van der Waals surface area (Å²) < 4.78 is 0. The van der Waals surface area contributed by atoms with Gasteiger partial charge in [0.1, 0.15) is 0 Å². The van der Waals surface area contributed by atoms with Gasteiger partial charge in [-0.2, -0.15) is 0 Å². The Bertz CT molecular complexity index is 357. The molecule has 0 fully saturated rings. The van der Waals surface area contributed by atoms with Crippen LogP contribution < -0.4 is 0 Å². The summed E-state index contributed by atoms with van der Waals surface area (Å²) in [4.78, 5) is 0. The van der Waals surface area contributed by atoms with Crippen LogP contribution in [0.15, 0.2) is 35.9 Å². The minimum Gasteiger partial charge on any atom is -0.389 e. The third-order valence-corrected chi connectivity index (χ3v) is 2.93. The molecular formula is C12H13ClO. The fraction of sp³-hybridized carbons (Fsp3) is 0.333. The number of hydrogen-bond acceptors (Lipinski definition) is 1. The Morgan fingerprint density at radius 3 is 2.79 bits per heavy atom. The Hall–Kier alpha value is -0.790. The molecule has 14 heavy (non-hydrogen) atoms. The largest absolute Gasteiger partial charge is 0.389 e. The second-order valence-electron chi connectivity index (χ2n) is 3.70. The van der Waals surface area contributed by atoms with E-state index in [2.05, 4.69) is 0 Å². The lowest BCUT2D eigenvalue weighted by atomic mass is 10.1. The van der Waals surface area contributed by atoms with E-state index in [1.807, 2.05) is 30.3 Å². The highest BCUT2D eigenvalue weighted by Gasteiger charge is 2.13. The van der Waals surface area contributed by atoms with Crippen molar-refractivity contribution in [1.29, 1.82) is 0 Å². The summed E-state index contributed by atoms with van der Waals surface area (Å²) in [6, 6.07) is 7.87. The smallest absolute Gasteiger partial charge is 0.0726 e. The average Bonchev–Trinajstić information content (AvgIpc) is 2.56. The van der Waals surface area contributed by atoms with Crippen molar-refractivity contribution in [3.63, 3.8) is 0 Å². The van der Waals surface area contributed by atoms with Crippen molar-refractivity contribution in [3.8, 4) is 0 Å². The first-order chi connectivity index (χ1) is 6.75. The predicted octanol–water partition coefficient (Wildman–Crippen LogP) is 2.96. The van der Waals surface area contributed by atoms with Crippen molar-refractivity contribution in [2.75, 3.05) is 0 Å². The molecule has 0 heterocycles. The molecule has 0 bridgehead atoms. The zero-order valence-corrected chi connectivity index (χ0v) is 8.67. The summed E-state index contributed by atoms with van der Waals surface area (Å²) in [5, 5.41) is 10.2. The predicted molar refractivity (Wildman–Crippen MR) is 58.5 cm³/mol. The molecule has 1 aromatic carbocycles. The van der Waals surface area contributed by atoms with Gasteiger partial charge in [0.2, 0.25) is 0 Å². The molecule has 0 saturated heterocycles. The number of aliphatic hydroxyl groups excluding tert-OH is 1. The Labute approximate surface area is 89.0 Å². The maximum atomic E-state index is 9.34. The molecular weight excluding hydrogens is 196 g/mol. The number of hydrogen-bond donors (Lipinski definition) is 1. The van der Waals surface area contributed by atoms with Crippen molar-refractivity contribution < 1.29 is 5.11 Å². The van der Waals surface area contributed by atoms with Crippen LogP contribution in [0, 0.1) is 0 Å². The summed E-state index contributed by atoms with van der Waals surface area (Å²) in [7, 11) is 0. The van der Waals surface area contributed by atoms with Crippen LogP contribution in [-0.2, 0) is 6.42 Å². The lowest BCUT2D eigenvalue weighted by molar-refractivity contribution is 0.223. The number of aliphatic hydroxyl groups is 1. The van der Waals surface area contributed by atoms with Crippen molar-refractivity contribution in [2.24, 2.45) is 0 Å². The molecule has 0 saturated carbocycles. The first-order valence-corrected chi connectivity index (χ1v) is 5.24. The van der Waals surface area contributed by atoms with Gasteiger partial charge in [-0.3, -0.25) is 0 Å². The van der Waals surface area contributed by atoms with Gasteiger partial charge in [0.15, 0.2) is 0 Å². The second kappa shape index (κ2) is 4.16. The van der Waals surface area contributed by atoms with Gasteiger partial charge < -0.3 is 5.11 Å². The summed E-state index contributed by atoms with van der Waals surface area (Å²) in [6.07, 6.45) is 4.43. The van der Waals surface area contributed by atoms with Crippen LogP contribution in [-0.4, -0.2) is 11.2 Å². The van der Waals surface area contributed by atoms with E-state index in [0.29, 0.717) is 0 Å². The van der Waals surface area contributed by atoms with Crippen molar-refractivity contribution in [3.05, 3.63) is 46.5 Å². The summed E-state index contributed by atoms with van der Waals surface area (Å²) in [6.45, 7) is 0. The lowest BCUT2D eigenvalue weighted by Gasteiger charge is -2.03. The number of allylic oxidation sites excluding steroid dienone is 1. The SMILES string of the molecule is OC1C=C(Cc2ccccc2Cl)CC1. The van der Waals surface area contributed by atoms with E-state index in [4.69, 9.17) is 11.6 Å². The molecule has 0 aliphatic heterocycles. The van der Waals surface area contributed by atoms with E-state index in [1.165, 1.54) is 5.57 Å². The highest BCUT2D eigenvalue weighted by atomic mass is 35.5.